The van der Waals surface area contributed by atoms with Gasteiger partial charge in [-0.3, -0.25) is 0 Å². The van der Waals surface area contributed by atoms with Gasteiger partial charge in [0.25, 0.3) is 0 Å². The lowest BCUT2D eigenvalue weighted by Crippen LogP contribution is -1.93. The Balaban J connectivity index is 2.23. The van der Waals surface area contributed by atoms with E-state index in [2.05, 4.69) is 10.1 Å². The van der Waals surface area contributed by atoms with E-state index in [9.17, 15) is 0 Å². The van der Waals surface area contributed by atoms with Gasteiger partial charge < -0.3 is 9.94 Å². The van der Waals surface area contributed by atoms with E-state index in [0.717, 1.165) is 16.9 Å². The summed E-state index contributed by atoms with van der Waals surface area (Å²) in [7, 11) is 0. The van der Waals surface area contributed by atoms with Gasteiger partial charge in [-0.1, -0.05) is 23.4 Å². The zero-order chi connectivity index (χ0) is 12.1. The number of ether oxygens (including phenoxy) is 1. The largest absolute Gasteiger partial charge is 0.439 e. The van der Waals surface area contributed by atoms with Gasteiger partial charge in [0.15, 0.2) is 0 Å². The highest BCUT2D eigenvalue weighted by Crippen LogP contribution is 2.22. The van der Waals surface area contributed by atoms with Gasteiger partial charge in [-0.25, -0.2) is 4.98 Å². The number of aryl methyl sites for hydroxylation is 1. The van der Waals surface area contributed by atoms with Crippen molar-refractivity contribution in [2.75, 3.05) is 0 Å². The molecule has 0 bridgehead atoms. The first kappa shape index (κ1) is 11.1. The number of hydrogen-bond acceptors (Lipinski definition) is 4. The average Bonchev–Trinajstić information content (AvgIpc) is 2.34. The van der Waals surface area contributed by atoms with E-state index < -0.39 is 0 Å². The summed E-state index contributed by atoms with van der Waals surface area (Å²) in [6, 6.07) is 11.3. The standard InChI is InChI=1S/C13H12N2O2/c1-10-7-11(9-15-16)8-14-13(10)17-12-5-3-2-4-6-12/h2-9,16H,1H3. The quantitative estimate of drug-likeness (QED) is 0.499. The fraction of sp³-hybridized carbons (Fsp3) is 0.0769. The summed E-state index contributed by atoms with van der Waals surface area (Å²) in [5.74, 6) is 1.29. The van der Waals surface area contributed by atoms with E-state index in [0.29, 0.717) is 5.88 Å². The van der Waals surface area contributed by atoms with E-state index in [1.807, 2.05) is 43.3 Å². The van der Waals surface area contributed by atoms with Crippen LogP contribution in [-0.4, -0.2) is 16.4 Å². The van der Waals surface area contributed by atoms with Crippen molar-refractivity contribution in [1.82, 2.24) is 4.98 Å². The van der Waals surface area contributed by atoms with Crippen molar-refractivity contribution in [1.29, 1.82) is 0 Å². The van der Waals surface area contributed by atoms with Gasteiger partial charge in [0.2, 0.25) is 5.88 Å². The van der Waals surface area contributed by atoms with Crippen molar-refractivity contribution in [3.63, 3.8) is 0 Å². The number of aromatic nitrogens is 1. The molecular weight excluding hydrogens is 216 g/mol. The van der Waals surface area contributed by atoms with Gasteiger partial charge in [-0.05, 0) is 25.1 Å². The maximum Gasteiger partial charge on any atom is 0.222 e. The second-order valence-corrected chi connectivity index (χ2v) is 3.55. The Labute approximate surface area is 99.2 Å². The molecule has 1 N–H and O–H groups in total. The molecule has 4 heteroatoms. The SMILES string of the molecule is Cc1cc(C=NO)cnc1Oc1ccccc1. The predicted molar refractivity (Wildman–Crippen MR) is 64.9 cm³/mol. The fourth-order valence-corrected chi connectivity index (χ4v) is 1.43. The Morgan fingerprint density at radius 2 is 2.06 bits per heavy atom. The van der Waals surface area contributed by atoms with Crippen molar-refractivity contribution in [2.24, 2.45) is 5.16 Å². The predicted octanol–water partition coefficient (Wildman–Crippen LogP) is 2.99. The van der Waals surface area contributed by atoms with Crippen LogP contribution in [0.4, 0.5) is 0 Å². The van der Waals surface area contributed by atoms with E-state index in [4.69, 9.17) is 9.94 Å². The third kappa shape index (κ3) is 2.81. The summed E-state index contributed by atoms with van der Waals surface area (Å²) >= 11 is 0. The number of rotatable bonds is 3. The molecule has 0 aliphatic heterocycles. The summed E-state index contributed by atoms with van der Waals surface area (Å²) in [6.07, 6.45) is 2.91. The van der Waals surface area contributed by atoms with Crippen LogP contribution in [0.25, 0.3) is 0 Å². The van der Waals surface area contributed by atoms with Crippen LogP contribution < -0.4 is 4.74 Å². The van der Waals surface area contributed by atoms with Crippen molar-refractivity contribution in [2.45, 2.75) is 6.92 Å². The number of pyridine rings is 1. The minimum Gasteiger partial charge on any atom is -0.439 e. The van der Waals surface area contributed by atoms with Crippen molar-refractivity contribution in [3.8, 4) is 11.6 Å². The molecule has 0 amide bonds. The van der Waals surface area contributed by atoms with E-state index in [1.54, 1.807) is 6.20 Å². The molecule has 86 valence electrons. The summed E-state index contributed by atoms with van der Waals surface area (Å²) in [5.41, 5.74) is 1.61. The number of benzene rings is 1. The third-order valence-electron chi connectivity index (χ3n) is 2.22. The average molecular weight is 228 g/mol. The molecule has 0 atom stereocenters. The lowest BCUT2D eigenvalue weighted by molar-refractivity contribution is 0.322. The first-order chi connectivity index (χ1) is 8.29. The van der Waals surface area contributed by atoms with Crippen LogP contribution in [0.2, 0.25) is 0 Å². The maximum absolute atomic E-state index is 8.43. The zero-order valence-corrected chi connectivity index (χ0v) is 9.37. The second-order valence-electron chi connectivity index (χ2n) is 3.55. The summed E-state index contributed by atoms with van der Waals surface area (Å²) < 4.78 is 5.62. The number of hydrogen-bond donors (Lipinski definition) is 1. The summed E-state index contributed by atoms with van der Waals surface area (Å²) in [5, 5.41) is 11.4. The smallest absolute Gasteiger partial charge is 0.222 e. The van der Waals surface area contributed by atoms with E-state index >= 15 is 0 Å². The van der Waals surface area contributed by atoms with Crippen molar-refractivity contribution in [3.05, 3.63) is 53.7 Å². The van der Waals surface area contributed by atoms with Gasteiger partial charge in [0.05, 0.1) is 6.21 Å². The molecule has 4 nitrogen and oxygen atoms in total. The monoisotopic (exact) mass is 228 g/mol. The Kier molecular flexibility index (Phi) is 3.35. The van der Waals surface area contributed by atoms with E-state index in [1.165, 1.54) is 6.21 Å². The maximum atomic E-state index is 8.43. The zero-order valence-electron chi connectivity index (χ0n) is 9.37. The topological polar surface area (TPSA) is 54.7 Å². The molecule has 0 fully saturated rings. The molecule has 0 saturated heterocycles. The van der Waals surface area contributed by atoms with Gasteiger partial charge in [-0.2, -0.15) is 0 Å². The minimum absolute atomic E-state index is 0.547. The second kappa shape index (κ2) is 5.12. The van der Waals surface area contributed by atoms with Crippen LogP contribution >= 0.6 is 0 Å². The number of oxime groups is 1. The Morgan fingerprint density at radius 3 is 2.71 bits per heavy atom. The normalized spacial score (nSPS) is 10.6. The molecule has 0 aliphatic carbocycles. The Bertz CT molecular complexity index is 524. The van der Waals surface area contributed by atoms with Gasteiger partial charge >= 0.3 is 0 Å². The Morgan fingerprint density at radius 1 is 1.29 bits per heavy atom. The highest BCUT2D eigenvalue weighted by atomic mass is 16.5. The van der Waals surface area contributed by atoms with Crippen LogP contribution in [0.5, 0.6) is 11.6 Å². The number of nitrogens with zero attached hydrogens (tertiary/aromatic N) is 2. The summed E-state index contributed by atoms with van der Waals surface area (Å²) in [4.78, 5) is 4.17. The molecule has 1 heterocycles. The lowest BCUT2D eigenvalue weighted by atomic mass is 10.2. The highest BCUT2D eigenvalue weighted by Gasteiger charge is 2.03. The van der Waals surface area contributed by atoms with Crippen molar-refractivity contribution >= 4 is 6.21 Å². The molecule has 0 unspecified atom stereocenters. The third-order valence-corrected chi connectivity index (χ3v) is 2.22. The van der Waals surface area contributed by atoms with Crippen LogP contribution in [0.1, 0.15) is 11.1 Å². The lowest BCUT2D eigenvalue weighted by Gasteiger charge is -2.07. The van der Waals surface area contributed by atoms with E-state index in [-0.39, 0.29) is 0 Å². The fourth-order valence-electron chi connectivity index (χ4n) is 1.43. The van der Waals surface area contributed by atoms with Crippen LogP contribution in [0.3, 0.4) is 0 Å². The van der Waals surface area contributed by atoms with Gasteiger partial charge in [-0.15, -0.1) is 0 Å². The van der Waals surface area contributed by atoms with Gasteiger partial charge in [0.1, 0.15) is 5.75 Å². The molecule has 2 rings (SSSR count). The molecule has 1 aromatic carbocycles. The molecular formula is C13H12N2O2. The highest BCUT2D eigenvalue weighted by molar-refractivity contribution is 5.79. The van der Waals surface area contributed by atoms with Gasteiger partial charge in [0, 0.05) is 17.3 Å². The number of para-hydroxylation sites is 1. The minimum atomic E-state index is 0.547. The van der Waals surface area contributed by atoms with Crippen molar-refractivity contribution < 1.29 is 9.94 Å². The molecule has 1 aromatic heterocycles. The molecule has 17 heavy (non-hydrogen) atoms. The summed E-state index contributed by atoms with van der Waals surface area (Å²) in [6.45, 7) is 1.89. The first-order valence-corrected chi connectivity index (χ1v) is 5.16. The molecule has 0 radical (unpaired) electrons. The Hall–Kier alpha value is -2.36. The molecule has 0 aliphatic rings. The van der Waals surface area contributed by atoms with Crippen LogP contribution in [-0.2, 0) is 0 Å². The molecule has 2 aromatic rings. The molecule has 0 saturated carbocycles. The molecule has 0 spiro atoms. The van der Waals surface area contributed by atoms with Crippen LogP contribution in [0, 0.1) is 6.92 Å². The van der Waals surface area contributed by atoms with Crippen LogP contribution in [0.15, 0.2) is 47.8 Å². The first-order valence-electron chi connectivity index (χ1n) is 5.16.